The summed E-state index contributed by atoms with van der Waals surface area (Å²) in [7, 11) is -3.45. The smallest absolute Gasteiger partial charge is 0.230 e. The number of carbonyl (C=O) groups excluding carboxylic acids is 1. The van der Waals surface area contributed by atoms with Gasteiger partial charge in [-0.2, -0.15) is 0 Å². The van der Waals surface area contributed by atoms with E-state index in [1.807, 2.05) is 34.7 Å². The summed E-state index contributed by atoms with van der Waals surface area (Å²) in [6.45, 7) is 0. The molecule has 0 radical (unpaired) electrons. The van der Waals surface area contributed by atoms with Crippen molar-refractivity contribution < 1.29 is 13.2 Å². The van der Waals surface area contributed by atoms with Gasteiger partial charge in [-0.1, -0.05) is 48.0 Å². The van der Waals surface area contributed by atoms with Crippen LogP contribution >= 0.6 is 11.6 Å². The fourth-order valence-electron chi connectivity index (χ4n) is 3.66. The molecule has 2 aromatic carbocycles. The van der Waals surface area contributed by atoms with E-state index >= 15 is 0 Å². The number of amides is 1. The van der Waals surface area contributed by atoms with Crippen molar-refractivity contribution in [2.45, 2.75) is 11.3 Å². The van der Waals surface area contributed by atoms with Crippen LogP contribution in [0.15, 0.2) is 77.2 Å². The zero-order valence-corrected chi connectivity index (χ0v) is 17.7. The van der Waals surface area contributed by atoms with Crippen molar-refractivity contribution in [3.05, 3.63) is 88.5 Å². The number of fused-ring (bicyclic) bond motifs is 2. The maximum Gasteiger partial charge on any atom is 0.230 e. The lowest BCUT2D eigenvalue weighted by Crippen LogP contribution is -2.16. The Kier molecular flexibility index (Phi) is 4.64. The minimum atomic E-state index is -3.45. The maximum absolute atomic E-state index is 12.9. The lowest BCUT2D eigenvalue weighted by molar-refractivity contribution is -0.115. The number of hydrogen-bond donors (Lipinski definition) is 1. The SMILES string of the molecule is O=C(Cc1c(-c2ccccc2)nc2cc(Cl)ccn12)Nc1ccc2c(c1)S(=O)(=O)C=C2. The van der Waals surface area contributed by atoms with E-state index < -0.39 is 9.84 Å². The second-order valence-electron chi connectivity index (χ2n) is 7.17. The third-order valence-corrected chi connectivity index (χ3v) is 6.79. The first-order valence-corrected chi connectivity index (χ1v) is 11.4. The van der Waals surface area contributed by atoms with Gasteiger partial charge in [-0.25, -0.2) is 13.4 Å². The number of sulfone groups is 1. The number of pyridine rings is 1. The van der Waals surface area contributed by atoms with Gasteiger partial charge >= 0.3 is 0 Å². The summed E-state index contributed by atoms with van der Waals surface area (Å²) in [5, 5.41) is 4.53. The van der Waals surface area contributed by atoms with Gasteiger partial charge in [0.2, 0.25) is 15.7 Å². The number of nitrogens with one attached hydrogen (secondary N) is 1. The molecule has 1 N–H and O–H groups in total. The highest BCUT2D eigenvalue weighted by atomic mass is 35.5. The van der Waals surface area contributed by atoms with Crippen LogP contribution in [-0.2, 0) is 21.1 Å². The van der Waals surface area contributed by atoms with Crippen LogP contribution in [0.25, 0.3) is 23.0 Å². The summed E-state index contributed by atoms with van der Waals surface area (Å²) in [6, 6.07) is 17.9. The van der Waals surface area contributed by atoms with E-state index in [1.54, 1.807) is 36.5 Å². The Morgan fingerprint density at radius 1 is 1.06 bits per heavy atom. The van der Waals surface area contributed by atoms with E-state index in [-0.39, 0.29) is 17.2 Å². The Bertz CT molecular complexity index is 1470. The molecular formula is C23H16ClN3O3S. The van der Waals surface area contributed by atoms with Crippen LogP contribution in [-0.4, -0.2) is 23.7 Å². The van der Waals surface area contributed by atoms with Gasteiger partial charge in [-0.05, 0) is 29.8 Å². The number of nitrogens with zero attached hydrogens (tertiary/aromatic N) is 2. The van der Waals surface area contributed by atoms with Crippen LogP contribution in [0, 0.1) is 0 Å². The molecule has 1 aliphatic heterocycles. The molecule has 6 nitrogen and oxygen atoms in total. The Balaban J connectivity index is 1.49. The highest BCUT2D eigenvalue weighted by Crippen LogP contribution is 2.30. The number of halogens is 1. The molecular weight excluding hydrogens is 434 g/mol. The molecule has 0 aliphatic carbocycles. The number of hydrogen-bond acceptors (Lipinski definition) is 4. The third kappa shape index (κ3) is 3.62. The van der Waals surface area contributed by atoms with Gasteiger partial charge in [-0.3, -0.25) is 4.79 Å². The molecule has 0 saturated carbocycles. The molecule has 4 aromatic rings. The summed E-state index contributed by atoms with van der Waals surface area (Å²) in [5.74, 6) is -0.280. The first kappa shape index (κ1) is 19.5. The lowest BCUT2D eigenvalue weighted by atomic mass is 10.1. The zero-order chi connectivity index (χ0) is 21.6. The van der Waals surface area contributed by atoms with Crippen LogP contribution in [0.5, 0.6) is 0 Å². The van der Waals surface area contributed by atoms with E-state index in [1.165, 1.54) is 11.5 Å². The van der Waals surface area contributed by atoms with Crippen molar-refractivity contribution in [2.24, 2.45) is 0 Å². The normalized spacial score (nSPS) is 14.0. The number of imidazole rings is 1. The lowest BCUT2D eigenvalue weighted by Gasteiger charge is -2.09. The molecule has 0 bridgehead atoms. The van der Waals surface area contributed by atoms with Gasteiger partial charge in [0.05, 0.1) is 22.7 Å². The topological polar surface area (TPSA) is 80.5 Å². The monoisotopic (exact) mass is 449 g/mol. The minimum Gasteiger partial charge on any atom is -0.326 e. The summed E-state index contributed by atoms with van der Waals surface area (Å²) in [4.78, 5) is 17.8. The van der Waals surface area contributed by atoms with E-state index in [0.29, 0.717) is 33.3 Å². The van der Waals surface area contributed by atoms with E-state index in [4.69, 9.17) is 11.6 Å². The van der Waals surface area contributed by atoms with Gasteiger partial charge in [0.15, 0.2) is 0 Å². The number of aromatic nitrogens is 2. The quantitative estimate of drug-likeness (QED) is 0.494. The Morgan fingerprint density at radius 2 is 1.87 bits per heavy atom. The third-order valence-electron chi connectivity index (χ3n) is 5.09. The molecule has 31 heavy (non-hydrogen) atoms. The van der Waals surface area contributed by atoms with E-state index in [2.05, 4.69) is 10.3 Å². The van der Waals surface area contributed by atoms with Crippen molar-refractivity contribution >= 4 is 44.8 Å². The largest absolute Gasteiger partial charge is 0.326 e. The van der Waals surface area contributed by atoms with Gasteiger partial charge in [0.1, 0.15) is 5.65 Å². The Labute approximate surface area is 183 Å². The van der Waals surface area contributed by atoms with Crippen molar-refractivity contribution in [3.8, 4) is 11.3 Å². The Morgan fingerprint density at radius 3 is 2.68 bits per heavy atom. The van der Waals surface area contributed by atoms with Crippen molar-refractivity contribution in [3.63, 3.8) is 0 Å². The molecule has 0 atom stereocenters. The highest BCUT2D eigenvalue weighted by molar-refractivity contribution is 7.94. The van der Waals surface area contributed by atoms with Crippen LogP contribution in [0.4, 0.5) is 5.69 Å². The standard InChI is InChI=1S/C23H16ClN3O3S/c24-17-8-10-27-19(23(26-21(27)12-17)16-4-2-1-3-5-16)14-22(28)25-18-7-6-15-9-11-31(29,30)20(15)13-18/h1-13H,14H2,(H,25,28). The van der Waals surface area contributed by atoms with E-state index in [9.17, 15) is 13.2 Å². The van der Waals surface area contributed by atoms with Gasteiger partial charge in [0.25, 0.3) is 0 Å². The fourth-order valence-corrected chi connectivity index (χ4v) is 5.04. The molecule has 1 amide bonds. The molecule has 1 aliphatic rings. The molecule has 0 unspecified atom stereocenters. The molecule has 3 heterocycles. The van der Waals surface area contributed by atoms with Crippen molar-refractivity contribution in [1.82, 2.24) is 9.38 Å². The Hall–Kier alpha value is -3.42. The van der Waals surface area contributed by atoms with E-state index in [0.717, 1.165) is 5.56 Å². The molecule has 8 heteroatoms. The maximum atomic E-state index is 12.9. The predicted octanol–water partition coefficient (Wildman–Crippen LogP) is 4.59. The number of benzene rings is 2. The molecule has 0 saturated heterocycles. The van der Waals surface area contributed by atoms with Crippen molar-refractivity contribution in [1.29, 1.82) is 0 Å². The van der Waals surface area contributed by atoms with Crippen LogP contribution in [0.1, 0.15) is 11.3 Å². The first-order valence-electron chi connectivity index (χ1n) is 9.50. The molecule has 154 valence electrons. The first-order chi connectivity index (χ1) is 14.9. The molecule has 0 fully saturated rings. The molecule has 5 rings (SSSR count). The highest BCUT2D eigenvalue weighted by Gasteiger charge is 2.22. The average molecular weight is 450 g/mol. The van der Waals surface area contributed by atoms with Crippen LogP contribution in [0.3, 0.4) is 0 Å². The second kappa shape index (κ2) is 7.37. The summed E-state index contributed by atoms with van der Waals surface area (Å²) in [6.07, 6.45) is 3.38. The minimum absolute atomic E-state index is 0.0507. The van der Waals surface area contributed by atoms with Crippen LogP contribution < -0.4 is 5.32 Å². The van der Waals surface area contributed by atoms with Gasteiger partial charge in [0, 0.05) is 33.9 Å². The number of anilines is 1. The average Bonchev–Trinajstić information content (AvgIpc) is 3.25. The number of carbonyl (C=O) groups is 1. The number of rotatable bonds is 4. The molecule has 0 spiro atoms. The van der Waals surface area contributed by atoms with Gasteiger partial charge in [-0.15, -0.1) is 0 Å². The second-order valence-corrected chi connectivity index (χ2v) is 9.41. The molecule has 2 aromatic heterocycles. The van der Waals surface area contributed by atoms with Gasteiger partial charge < -0.3 is 9.72 Å². The fraction of sp³-hybridized carbons (Fsp3) is 0.0435. The zero-order valence-electron chi connectivity index (χ0n) is 16.1. The summed E-state index contributed by atoms with van der Waals surface area (Å²) >= 11 is 6.12. The predicted molar refractivity (Wildman–Crippen MR) is 121 cm³/mol. The summed E-state index contributed by atoms with van der Waals surface area (Å²) in [5.41, 5.74) is 3.98. The van der Waals surface area contributed by atoms with Crippen LogP contribution in [0.2, 0.25) is 5.02 Å². The summed E-state index contributed by atoms with van der Waals surface area (Å²) < 4.78 is 26.0. The van der Waals surface area contributed by atoms with Crippen molar-refractivity contribution in [2.75, 3.05) is 5.32 Å².